The third-order valence-corrected chi connectivity index (χ3v) is 11.8. The van der Waals surface area contributed by atoms with Crippen molar-refractivity contribution in [3.05, 3.63) is 29.8 Å². The molecule has 14 atom stereocenters. The molecule has 0 radical (unpaired) electrons. The van der Waals surface area contributed by atoms with E-state index in [1.165, 1.54) is 6.92 Å². The van der Waals surface area contributed by atoms with E-state index in [2.05, 4.69) is 5.32 Å². The van der Waals surface area contributed by atoms with Gasteiger partial charge in [-0.05, 0) is 99.5 Å². The van der Waals surface area contributed by atoms with Gasteiger partial charge < -0.3 is 43.2 Å². The second kappa shape index (κ2) is 18.4. The largest absolute Gasteiger partial charge is 0.509 e. The lowest BCUT2D eigenvalue weighted by atomic mass is 9.77. The molecule has 1 aromatic rings. The van der Waals surface area contributed by atoms with Gasteiger partial charge >= 0.3 is 24.2 Å². The number of para-hydroxylation sites is 1. The van der Waals surface area contributed by atoms with Crippen LogP contribution in [-0.4, -0.2) is 133 Å². The number of cyclic esters (lactones) is 1. The lowest BCUT2D eigenvalue weighted by molar-refractivity contribution is -0.301. The maximum Gasteiger partial charge on any atom is 0.509 e. The van der Waals surface area contributed by atoms with E-state index in [9.17, 15) is 24.3 Å². The molecule has 0 aliphatic carbocycles. The van der Waals surface area contributed by atoms with Crippen LogP contribution >= 0.6 is 0 Å². The molecular formula is C41H65N3O12. The van der Waals surface area contributed by atoms with Crippen molar-refractivity contribution >= 4 is 29.9 Å². The Labute approximate surface area is 331 Å². The lowest BCUT2D eigenvalue weighted by Crippen LogP contribution is -2.60. The van der Waals surface area contributed by atoms with Crippen LogP contribution in [0.5, 0.6) is 0 Å². The maximum absolute atomic E-state index is 14.4. The number of carbonyl (C=O) groups is 4. The van der Waals surface area contributed by atoms with Crippen LogP contribution in [0.3, 0.4) is 0 Å². The number of fused-ring (bicyclic) bond motifs is 1. The molecule has 0 spiro atoms. The monoisotopic (exact) mass is 791 g/mol. The minimum Gasteiger partial charge on any atom is -0.458 e. The van der Waals surface area contributed by atoms with Gasteiger partial charge in [0.25, 0.3) is 0 Å². The summed E-state index contributed by atoms with van der Waals surface area (Å²) in [5, 5.41) is 15.4. The Hall–Kier alpha value is -3.50. The fraction of sp³-hybridized carbons (Fsp3) is 0.756. The molecule has 0 bridgehead atoms. The zero-order valence-electron chi connectivity index (χ0n) is 35.4. The topological polar surface area (TPSA) is 172 Å². The number of hydrogen-bond acceptors (Lipinski definition) is 14. The van der Waals surface area contributed by atoms with Gasteiger partial charge in [-0.1, -0.05) is 39.0 Å². The number of ether oxygens (including phenoxy) is 7. The molecule has 3 heterocycles. The average Bonchev–Trinajstić information content (AvgIpc) is 3.42. The predicted octanol–water partition coefficient (Wildman–Crippen LogP) is 5.29. The van der Waals surface area contributed by atoms with Crippen LogP contribution in [0.1, 0.15) is 87.1 Å². The third-order valence-electron chi connectivity index (χ3n) is 11.8. The van der Waals surface area contributed by atoms with Gasteiger partial charge in [-0.25, -0.2) is 9.59 Å². The van der Waals surface area contributed by atoms with Crippen LogP contribution in [0.15, 0.2) is 24.3 Å². The first-order chi connectivity index (χ1) is 26.1. The van der Waals surface area contributed by atoms with Gasteiger partial charge in [-0.2, -0.15) is 0 Å². The van der Waals surface area contributed by atoms with Crippen molar-refractivity contribution in [2.75, 3.05) is 33.0 Å². The maximum atomic E-state index is 14.4. The number of nitrogens with one attached hydrogen (secondary N) is 1. The minimum atomic E-state index is -1.64. The Bertz CT molecular complexity index is 1540. The van der Waals surface area contributed by atoms with Gasteiger partial charge in [-0.3, -0.25) is 19.8 Å². The third kappa shape index (κ3) is 10.3. The van der Waals surface area contributed by atoms with Crippen LogP contribution in [-0.2, 0) is 42.7 Å². The Morgan fingerprint density at radius 2 is 1.70 bits per heavy atom. The van der Waals surface area contributed by atoms with E-state index < -0.39 is 84.0 Å². The molecule has 316 valence electrons. The highest BCUT2D eigenvalue weighted by atomic mass is 16.8. The first-order valence-corrected chi connectivity index (χ1v) is 19.8. The van der Waals surface area contributed by atoms with Crippen molar-refractivity contribution in [2.45, 2.75) is 155 Å². The quantitative estimate of drug-likeness (QED) is 0.270. The smallest absolute Gasteiger partial charge is 0.458 e. The molecule has 4 rings (SSSR count). The van der Waals surface area contributed by atoms with Crippen LogP contribution < -0.4 is 5.32 Å². The van der Waals surface area contributed by atoms with Gasteiger partial charge in [0, 0.05) is 31.1 Å². The standard InChI is InChI=1S/C41H65N3O12/c1-14-31-41(10)35(55-39(48)56-41)27(7)44(13)21-22(2)20-40(9,49)34(54-37-33(51-28(8)45)30(43(11)12)19-24(4)50-37)25(5)32(26(6)36(46)52-31)53-38(47)42-29-18-16-15-17-23(29)3/h15-18,22,24-27,30-35,37,49H,14,19-21H2,1-13H3,(H,42,47)/t22-,24-,25+,26-,27-,30+,31-,32+,33-,34-,35-,37+,40-,41-/m1/s1. The summed E-state index contributed by atoms with van der Waals surface area (Å²) in [7, 11) is 5.66. The highest BCUT2D eigenvalue weighted by molar-refractivity contribution is 5.86. The van der Waals surface area contributed by atoms with E-state index in [0.29, 0.717) is 18.7 Å². The molecule has 56 heavy (non-hydrogen) atoms. The van der Waals surface area contributed by atoms with E-state index in [4.69, 9.17) is 33.2 Å². The summed E-state index contributed by atoms with van der Waals surface area (Å²) in [5.74, 6) is -3.44. The molecule has 3 aliphatic rings. The Kier molecular flexibility index (Phi) is 14.8. The Morgan fingerprint density at radius 3 is 2.30 bits per heavy atom. The van der Waals surface area contributed by atoms with Crippen LogP contribution in [0.4, 0.5) is 15.3 Å². The summed E-state index contributed by atoms with van der Waals surface area (Å²) in [4.78, 5) is 57.3. The number of anilines is 1. The summed E-state index contributed by atoms with van der Waals surface area (Å²) in [5.41, 5.74) is -1.67. The van der Waals surface area contributed by atoms with Crippen LogP contribution in [0.2, 0.25) is 0 Å². The van der Waals surface area contributed by atoms with Crippen molar-refractivity contribution in [3.63, 3.8) is 0 Å². The number of esters is 2. The normalized spacial score (nSPS) is 38.9. The fourth-order valence-electron chi connectivity index (χ4n) is 8.82. The van der Waals surface area contributed by atoms with Gasteiger partial charge in [0.15, 0.2) is 24.1 Å². The summed E-state index contributed by atoms with van der Waals surface area (Å²) in [6.07, 6.45) is -7.10. The fourth-order valence-corrected chi connectivity index (χ4v) is 8.82. The van der Waals surface area contributed by atoms with Crippen molar-refractivity contribution in [3.8, 4) is 0 Å². The van der Waals surface area contributed by atoms with E-state index >= 15 is 0 Å². The van der Waals surface area contributed by atoms with Crippen molar-refractivity contribution in [1.82, 2.24) is 9.80 Å². The first kappa shape index (κ1) is 45.2. The molecule has 1 aromatic carbocycles. The Morgan fingerprint density at radius 1 is 1.04 bits per heavy atom. The van der Waals surface area contributed by atoms with Crippen molar-refractivity contribution in [1.29, 1.82) is 0 Å². The molecule has 3 fully saturated rings. The second-order valence-corrected chi connectivity index (χ2v) is 16.9. The SMILES string of the molecule is CC[C@H]1OC(=O)[C@H](C)[C@@H](OC(=O)Nc2ccccc2C)[C@H](C)[C@@H](O[C@@H]2O[C@H](C)C[C@H](N(C)C)[C@H]2OC(C)=O)[C@](C)(O)C[C@@H](C)CN(C)[C@H](C)[C@H]2OC(=O)O[C@@]21C. The predicted molar refractivity (Wildman–Crippen MR) is 207 cm³/mol. The van der Waals surface area contributed by atoms with Gasteiger partial charge in [0.1, 0.15) is 12.2 Å². The molecular weight excluding hydrogens is 726 g/mol. The second-order valence-electron chi connectivity index (χ2n) is 16.9. The van der Waals surface area contributed by atoms with Crippen LogP contribution in [0, 0.1) is 24.7 Å². The number of benzene rings is 1. The highest BCUT2D eigenvalue weighted by Gasteiger charge is 2.58. The number of likely N-dealkylation sites (N-methyl/N-ethyl adjacent to an activating group) is 2. The minimum absolute atomic E-state index is 0.170. The number of carbonyl (C=O) groups excluding carboxylic acids is 4. The van der Waals surface area contributed by atoms with Gasteiger partial charge in [0.2, 0.25) is 0 Å². The number of rotatable bonds is 7. The van der Waals surface area contributed by atoms with Crippen LogP contribution in [0.25, 0.3) is 0 Å². The molecule has 1 amide bonds. The van der Waals surface area contributed by atoms with E-state index in [1.807, 2.05) is 77.7 Å². The zero-order valence-corrected chi connectivity index (χ0v) is 35.4. The summed E-state index contributed by atoms with van der Waals surface area (Å²) in [6.45, 7) is 17.9. The van der Waals surface area contributed by atoms with E-state index in [1.54, 1.807) is 39.8 Å². The zero-order chi connectivity index (χ0) is 41.9. The molecule has 3 aliphatic heterocycles. The number of aryl methyl sites for hydroxylation is 1. The first-order valence-electron chi connectivity index (χ1n) is 19.8. The summed E-state index contributed by atoms with van der Waals surface area (Å²) >= 11 is 0. The number of nitrogens with zero attached hydrogens (tertiary/aromatic N) is 2. The molecule has 15 heteroatoms. The highest BCUT2D eigenvalue weighted by Crippen LogP contribution is 2.40. The number of amides is 1. The molecule has 0 saturated carbocycles. The molecule has 2 N–H and O–H groups in total. The van der Waals surface area contributed by atoms with Gasteiger partial charge in [-0.15, -0.1) is 0 Å². The summed E-state index contributed by atoms with van der Waals surface area (Å²) in [6, 6.07) is 6.53. The number of hydrogen-bond donors (Lipinski definition) is 2. The number of aliphatic hydroxyl groups is 1. The molecule has 3 saturated heterocycles. The molecule has 0 aromatic heterocycles. The van der Waals surface area contributed by atoms with Crippen molar-refractivity contribution < 1.29 is 57.4 Å². The van der Waals surface area contributed by atoms with Crippen molar-refractivity contribution in [2.24, 2.45) is 17.8 Å². The molecule has 15 nitrogen and oxygen atoms in total. The van der Waals surface area contributed by atoms with Gasteiger partial charge in [0.05, 0.1) is 29.8 Å². The lowest BCUT2D eigenvalue weighted by Gasteiger charge is -2.47. The summed E-state index contributed by atoms with van der Waals surface area (Å²) < 4.78 is 42.9. The average molecular weight is 792 g/mol. The van der Waals surface area contributed by atoms with E-state index in [-0.39, 0.29) is 36.9 Å². The molecule has 0 unspecified atom stereocenters. The Balaban J connectivity index is 1.84. The van der Waals surface area contributed by atoms with E-state index in [0.717, 1.165) is 5.56 Å².